The number of hydrogen-bond donors (Lipinski definition) is 1. The molecule has 15 heavy (non-hydrogen) atoms. The molecule has 0 saturated carbocycles. The predicted octanol–water partition coefficient (Wildman–Crippen LogP) is 2.21. The van der Waals surface area contributed by atoms with Gasteiger partial charge in [-0.3, -0.25) is 0 Å². The van der Waals surface area contributed by atoms with Gasteiger partial charge in [0.2, 0.25) is 0 Å². The van der Waals surface area contributed by atoms with E-state index in [4.69, 9.17) is 15.2 Å². The van der Waals surface area contributed by atoms with Crippen molar-refractivity contribution in [3.8, 4) is 0 Å². The Morgan fingerprint density at radius 3 is 3.07 bits per heavy atom. The Balaban J connectivity index is 2.01. The van der Waals surface area contributed by atoms with Crippen molar-refractivity contribution in [1.82, 2.24) is 0 Å². The fraction of sp³-hybridized carbons (Fsp3) is 0.455. The minimum absolute atomic E-state index is 0.138. The van der Waals surface area contributed by atoms with E-state index in [-0.39, 0.29) is 12.4 Å². The SMILES string of the molecule is NCCC1COC(c2cccc(Br)c2)O1. The van der Waals surface area contributed by atoms with Gasteiger partial charge in [-0.2, -0.15) is 0 Å². The first kappa shape index (κ1) is 11.1. The van der Waals surface area contributed by atoms with E-state index in [2.05, 4.69) is 15.9 Å². The minimum atomic E-state index is -0.237. The minimum Gasteiger partial charge on any atom is -0.346 e. The highest BCUT2D eigenvalue weighted by Crippen LogP contribution is 2.29. The van der Waals surface area contributed by atoms with Crippen molar-refractivity contribution in [2.24, 2.45) is 5.73 Å². The van der Waals surface area contributed by atoms with Gasteiger partial charge in [-0.15, -0.1) is 0 Å². The summed E-state index contributed by atoms with van der Waals surface area (Å²) in [7, 11) is 0. The van der Waals surface area contributed by atoms with Gasteiger partial charge in [-0.05, 0) is 25.1 Å². The van der Waals surface area contributed by atoms with Crippen LogP contribution in [0.25, 0.3) is 0 Å². The lowest BCUT2D eigenvalue weighted by molar-refractivity contribution is -0.0607. The van der Waals surface area contributed by atoms with E-state index >= 15 is 0 Å². The van der Waals surface area contributed by atoms with E-state index < -0.39 is 0 Å². The lowest BCUT2D eigenvalue weighted by Gasteiger charge is -2.11. The fourth-order valence-electron chi connectivity index (χ4n) is 1.61. The molecular formula is C11H14BrNO2. The maximum absolute atomic E-state index is 5.72. The molecule has 2 unspecified atom stereocenters. The Hall–Kier alpha value is -0.420. The van der Waals surface area contributed by atoms with Crippen molar-refractivity contribution >= 4 is 15.9 Å². The average Bonchev–Trinajstić information content (AvgIpc) is 2.67. The largest absolute Gasteiger partial charge is 0.346 e. The molecule has 0 aliphatic carbocycles. The molecule has 2 N–H and O–H groups in total. The van der Waals surface area contributed by atoms with Gasteiger partial charge in [-0.1, -0.05) is 28.1 Å². The number of ether oxygens (including phenoxy) is 2. The molecule has 0 radical (unpaired) electrons. The summed E-state index contributed by atoms with van der Waals surface area (Å²) >= 11 is 3.42. The van der Waals surface area contributed by atoms with Crippen LogP contribution in [0.5, 0.6) is 0 Å². The monoisotopic (exact) mass is 271 g/mol. The van der Waals surface area contributed by atoms with Gasteiger partial charge in [0.15, 0.2) is 6.29 Å². The summed E-state index contributed by atoms with van der Waals surface area (Å²) in [5.41, 5.74) is 6.52. The Labute approximate surface area is 97.7 Å². The number of hydrogen-bond acceptors (Lipinski definition) is 3. The third-order valence-electron chi connectivity index (χ3n) is 2.36. The smallest absolute Gasteiger partial charge is 0.184 e. The zero-order valence-electron chi connectivity index (χ0n) is 8.36. The molecule has 1 saturated heterocycles. The van der Waals surface area contributed by atoms with Crippen LogP contribution in [0.3, 0.4) is 0 Å². The molecule has 1 heterocycles. The van der Waals surface area contributed by atoms with Gasteiger partial charge in [0.1, 0.15) is 0 Å². The van der Waals surface area contributed by atoms with Crippen molar-refractivity contribution in [2.45, 2.75) is 18.8 Å². The summed E-state index contributed by atoms with van der Waals surface area (Å²) < 4.78 is 12.3. The molecule has 3 nitrogen and oxygen atoms in total. The normalized spacial score (nSPS) is 25.7. The van der Waals surface area contributed by atoms with Crippen molar-refractivity contribution < 1.29 is 9.47 Å². The summed E-state index contributed by atoms with van der Waals surface area (Å²) in [6.07, 6.45) is 0.753. The third-order valence-corrected chi connectivity index (χ3v) is 2.85. The standard InChI is InChI=1S/C11H14BrNO2/c12-9-3-1-2-8(6-9)11-14-7-10(15-11)4-5-13/h1-3,6,10-11H,4-5,7,13H2. The van der Waals surface area contributed by atoms with E-state index in [1.165, 1.54) is 0 Å². The number of nitrogens with two attached hydrogens (primary N) is 1. The Kier molecular flexibility index (Phi) is 3.75. The van der Waals surface area contributed by atoms with Crippen LogP contribution < -0.4 is 5.73 Å². The molecule has 4 heteroatoms. The zero-order chi connectivity index (χ0) is 10.7. The van der Waals surface area contributed by atoms with Crippen LogP contribution in [0.2, 0.25) is 0 Å². The first-order valence-corrected chi connectivity index (χ1v) is 5.81. The van der Waals surface area contributed by atoms with Gasteiger partial charge < -0.3 is 15.2 Å². The highest BCUT2D eigenvalue weighted by molar-refractivity contribution is 9.10. The second kappa shape index (κ2) is 5.07. The Morgan fingerprint density at radius 2 is 2.33 bits per heavy atom. The van der Waals surface area contributed by atoms with Crippen LogP contribution in [-0.4, -0.2) is 19.3 Å². The van der Waals surface area contributed by atoms with E-state index in [0.29, 0.717) is 13.2 Å². The molecule has 0 aromatic heterocycles. The van der Waals surface area contributed by atoms with Crippen LogP contribution in [0.1, 0.15) is 18.3 Å². The molecule has 1 aliphatic rings. The lowest BCUT2D eigenvalue weighted by Crippen LogP contribution is -2.15. The van der Waals surface area contributed by atoms with Gasteiger partial charge in [-0.25, -0.2) is 0 Å². The van der Waals surface area contributed by atoms with Gasteiger partial charge in [0.25, 0.3) is 0 Å². The van der Waals surface area contributed by atoms with Crippen LogP contribution >= 0.6 is 15.9 Å². The quantitative estimate of drug-likeness (QED) is 0.917. The summed E-state index contributed by atoms with van der Waals surface area (Å²) in [6.45, 7) is 1.27. The Bertz CT molecular complexity index is 332. The van der Waals surface area contributed by atoms with E-state index in [9.17, 15) is 0 Å². The first-order valence-electron chi connectivity index (χ1n) is 5.02. The molecule has 2 rings (SSSR count). The number of halogens is 1. The molecule has 0 spiro atoms. The average molecular weight is 272 g/mol. The van der Waals surface area contributed by atoms with E-state index in [0.717, 1.165) is 16.5 Å². The fourth-order valence-corrected chi connectivity index (χ4v) is 2.03. The third kappa shape index (κ3) is 2.78. The van der Waals surface area contributed by atoms with Gasteiger partial charge in [0.05, 0.1) is 12.7 Å². The highest BCUT2D eigenvalue weighted by atomic mass is 79.9. The van der Waals surface area contributed by atoms with Gasteiger partial charge in [0, 0.05) is 10.0 Å². The first-order chi connectivity index (χ1) is 7.29. The second-order valence-electron chi connectivity index (χ2n) is 3.56. The van der Waals surface area contributed by atoms with Crippen molar-refractivity contribution in [1.29, 1.82) is 0 Å². The van der Waals surface area contributed by atoms with E-state index in [1.54, 1.807) is 0 Å². The van der Waals surface area contributed by atoms with Crippen LogP contribution in [0.15, 0.2) is 28.7 Å². The summed E-state index contributed by atoms with van der Waals surface area (Å²) in [6, 6.07) is 7.97. The number of benzene rings is 1. The highest BCUT2D eigenvalue weighted by Gasteiger charge is 2.26. The molecule has 1 fully saturated rings. The summed E-state index contributed by atoms with van der Waals surface area (Å²) in [5.74, 6) is 0. The van der Waals surface area contributed by atoms with Crippen molar-refractivity contribution in [3.05, 3.63) is 34.3 Å². The second-order valence-corrected chi connectivity index (χ2v) is 4.47. The van der Waals surface area contributed by atoms with Crippen LogP contribution in [0.4, 0.5) is 0 Å². The molecule has 0 bridgehead atoms. The molecule has 82 valence electrons. The molecule has 1 aliphatic heterocycles. The molecule has 1 aromatic rings. The maximum atomic E-state index is 5.72. The van der Waals surface area contributed by atoms with Crippen LogP contribution in [0, 0.1) is 0 Å². The van der Waals surface area contributed by atoms with Crippen molar-refractivity contribution in [3.63, 3.8) is 0 Å². The Morgan fingerprint density at radius 1 is 1.47 bits per heavy atom. The topological polar surface area (TPSA) is 44.5 Å². The lowest BCUT2D eigenvalue weighted by atomic mass is 10.2. The molecule has 0 amide bonds. The molecule has 1 aromatic carbocycles. The van der Waals surface area contributed by atoms with Crippen LogP contribution in [-0.2, 0) is 9.47 Å². The summed E-state index contributed by atoms with van der Waals surface area (Å²) in [4.78, 5) is 0. The summed E-state index contributed by atoms with van der Waals surface area (Å²) in [5, 5.41) is 0. The predicted molar refractivity (Wildman–Crippen MR) is 61.4 cm³/mol. The zero-order valence-corrected chi connectivity index (χ0v) is 9.94. The van der Waals surface area contributed by atoms with Crippen molar-refractivity contribution in [2.75, 3.05) is 13.2 Å². The van der Waals surface area contributed by atoms with Gasteiger partial charge >= 0.3 is 0 Å². The van der Waals surface area contributed by atoms with E-state index in [1.807, 2.05) is 24.3 Å². The molecule has 2 atom stereocenters. The molecular weight excluding hydrogens is 258 g/mol. The maximum Gasteiger partial charge on any atom is 0.184 e. The number of rotatable bonds is 3.